The lowest BCUT2D eigenvalue weighted by molar-refractivity contribution is -0.122. The van der Waals surface area contributed by atoms with Crippen LogP contribution in [0.25, 0.3) is 0 Å². The number of benzene rings is 1. The number of nitrogens with zero attached hydrogens (tertiary/aromatic N) is 2. The zero-order chi connectivity index (χ0) is 14.0. The second-order valence-corrected chi connectivity index (χ2v) is 5.54. The second-order valence-electron chi connectivity index (χ2n) is 4.33. The molecule has 2 amide bonds. The quantitative estimate of drug-likeness (QED) is 0.635. The van der Waals surface area contributed by atoms with Gasteiger partial charge in [-0.05, 0) is 36.4 Å². The number of rotatable bonds is 3. The van der Waals surface area contributed by atoms with Crippen LogP contribution in [0.3, 0.4) is 0 Å². The van der Waals surface area contributed by atoms with E-state index in [2.05, 4.69) is 0 Å². The summed E-state index contributed by atoms with van der Waals surface area (Å²) in [4.78, 5) is 25.3. The summed E-state index contributed by atoms with van der Waals surface area (Å²) in [6.45, 7) is 1.87. The Bertz CT molecular complexity index is 582. The molecule has 1 aromatic rings. The van der Waals surface area contributed by atoms with Crippen LogP contribution in [0.5, 0.6) is 0 Å². The van der Waals surface area contributed by atoms with Crippen molar-refractivity contribution in [2.75, 3.05) is 10.7 Å². The molecule has 1 atom stereocenters. The number of imide groups is 1. The van der Waals surface area contributed by atoms with Crippen LogP contribution in [0.1, 0.15) is 12.0 Å². The molecule has 0 radical (unpaired) electrons. The maximum absolute atomic E-state index is 12.2. The lowest BCUT2D eigenvalue weighted by Gasteiger charge is -2.16. The highest BCUT2D eigenvalue weighted by atomic mass is 35.5. The van der Waals surface area contributed by atoms with Crippen LogP contribution in [0.2, 0.25) is 5.02 Å². The Balaban J connectivity index is 2.30. The topological polar surface area (TPSA) is 61.2 Å². The Morgan fingerprint density at radius 2 is 2.26 bits per heavy atom. The average molecular weight is 295 g/mol. The number of nitriles is 1. The molecule has 0 aliphatic carbocycles. The molecule has 1 unspecified atom stereocenters. The van der Waals surface area contributed by atoms with Gasteiger partial charge in [-0.1, -0.05) is 17.7 Å². The zero-order valence-corrected chi connectivity index (χ0v) is 11.8. The van der Waals surface area contributed by atoms with Gasteiger partial charge in [-0.2, -0.15) is 5.26 Å². The number of carbonyl (C=O) groups excluding carboxylic acids is 2. The third-order valence-electron chi connectivity index (χ3n) is 2.93. The van der Waals surface area contributed by atoms with E-state index in [9.17, 15) is 9.59 Å². The highest BCUT2D eigenvalue weighted by Crippen LogP contribution is 2.33. The number of hydrogen-bond donors (Lipinski definition) is 0. The zero-order valence-electron chi connectivity index (χ0n) is 10.2. The van der Waals surface area contributed by atoms with Gasteiger partial charge < -0.3 is 0 Å². The molecule has 0 spiro atoms. The molecule has 19 heavy (non-hydrogen) atoms. The van der Waals surface area contributed by atoms with Gasteiger partial charge in [0.25, 0.3) is 0 Å². The van der Waals surface area contributed by atoms with Gasteiger partial charge in [-0.25, -0.2) is 4.90 Å². The van der Waals surface area contributed by atoms with E-state index in [-0.39, 0.29) is 18.2 Å². The van der Waals surface area contributed by atoms with Crippen LogP contribution in [-0.2, 0) is 9.59 Å². The molecule has 1 aromatic carbocycles. The molecule has 0 bridgehead atoms. The van der Waals surface area contributed by atoms with Crippen LogP contribution in [0, 0.1) is 23.5 Å². The van der Waals surface area contributed by atoms with Crippen molar-refractivity contribution < 1.29 is 9.59 Å². The van der Waals surface area contributed by atoms with Gasteiger partial charge in [0.15, 0.2) is 0 Å². The summed E-state index contributed by atoms with van der Waals surface area (Å²) in [5, 5.41) is 10.8. The molecule has 1 aliphatic rings. The van der Waals surface area contributed by atoms with E-state index < -0.39 is 5.92 Å². The molecule has 0 N–H and O–H groups in total. The van der Waals surface area contributed by atoms with E-state index in [1.165, 1.54) is 0 Å². The van der Waals surface area contributed by atoms with Crippen LogP contribution >= 0.6 is 23.4 Å². The highest BCUT2D eigenvalue weighted by Gasteiger charge is 2.40. The fourth-order valence-electron chi connectivity index (χ4n) is 2.01. The number of anilines is 1. The minimum absolute atomic E-state index is 0.137. The summed E-state index contributed by atoms with van der Waals surface area (Å²) in [7, 11) is 0. The third kappa shape index (κ3) is 2.75. The minimum atomic E-state index is -0.436. The largest absolute Gasteiger partial charge is 0.274 e. The summed E-state index contributed by atoms with van der Waals surface area (Å²) in [6, 6.07) is 5.21. The van der Waals surface area contributed by atoms with Crippen molar-refractivity contribution >= 4 is 40.9 Å². The van der Waals surface area contributed by atoms with Gasteiger partial charge in [-0.15, -0.1) is 0 Å². The molecule has 1 heterocycles. The highest BCUT2D eigenvalue weighted by molar-refractivity contribution is 8.03. The predicted molar refractivity (Wildman–Crippen MR) is 74.9 cm³/mol. The number of halogens is 1. The van der Waals surface area contributed by atoms with Gasteiger partial charge in [0.05, 0.1) is 16.6 Å². The van der Waals surface area contributed by atoms with Gasteiger partial charge in [0.2, 0.25) is 11.8 Å². The van der Waals surface area contributed by atoms with Gasteiger partial charge in [0, 0.05) is 12.2 Å². The molecule has 1 fully saturated rings. The van der Waals surface area contributed by atoms with Crippen molar-refractivity contribution in [3.63, 3.8) is 0 Å². The third-order valence-corrected chi connectivity index (χ3v) is 3.95. The van der Waals surface area contributed by atoms with Gasteiger partial charge in [0.1, 0.15) is 5.40 Å². The summed E-state index contributed by atoms with van der Waals surface area (Å²) >= 11 is 7.04. The first-order chi connectivity index (χ1) is 9.04. The first-order valence-corrected chi connectivity index (χ1v) is 7.04. The van der Waals surface area contributed by atoms with E-state index in [4.69, 9.17) is 16.9 Å². The molecule has 2 rings (SSSR count). The first-order valence-electron chi connectivity index (χ1n) is 5.68. The monoisotopic (exact) mass is 294 g/mol. The van der Waals surface area contributed by atoms with E-state index in [1.54, 1.807) is 12.1 Å². The molecule has 0 aromatic heterocycles. The normalized spacial score (nSPS) is 18.8. The second kappa shape index (κ2) is 5.64. The Kier molecular flexibility index (Phi) is 4.13. The van der Waals surface area contributed by atoms with Crippen molar-refractivity contribution in [2.45, 2.75) is 13.3 Å². The van der Waals surface area contributed by atoms with E-state index >= 15 is 0 Å². The maximum atomic E-state index is 12.2. The molecule has 6 heteroatoms. The van der Waals surface area contributed by atoms with Crippen molar-refractivity contribution in [3.8, 4) is 5.40 Å². The first kappa shape index (κ1) is 13.9. The van der Waals surface area contributed by atoms with Crippen molar-refractivity contribution in [2.24, 2.45) is 5.92 Å². The Labute approximate surface area is 120 Å². The predicted octanol–water partition coefficient (Wildman–Crippen LogP) is 2.74. The minimum Gasteiger partial charge on any atom is -0.274 e. The standard InChI is InChI=1S/C13H11ClN2O2S/c1-8-2-3-10(14)11(4-8)16-12(17)5-9(13(16)18)6-19-7-15/h2-4,9H,5-6H2,1H3. The van der Waals surface area contributed by atoms with Crippen molar-refractivity contribution in [1.29, 1.82) is 5.26 Å². The molecule has 98 valence electrons. The summed E-state index contributed by atoms with van der Waals surface area (Å²) in [5.74, 6) is -0.643. The number of thioether (sulfide) groups is 1. The molecule has 1 saturated heterocycles. The van der Waals surface area contributed by atoms with E-state index in [0.717, 1.165) is 22.2 Å². The van der Waals surface area contributed by atoms with E-state index in [1.807, 2.05) is 18.4 Å². The summed E-state index contributed by atoms with van der Waals surface area (Å²) in [5.41, 5.74) is 1.36. The molecular formula is C13H11ClN2O2S. The van der Waals surface area contributed by atoms with Crippen LogP contribution in [0.15, 0.2) is 18.2 Å². The number of hydrogen-bond acceptors (Lipinski definition) is 4. The SMILES string of the molecule is Cc1ccc(Cl)c(N2C(=O)CC(CSC#N)C2=O)c1. The number of carbonyl (C=O) groups is 2. The number of aryl methyl sites for hydroxylation is 1. The average Bonchev–Trinajstić information content (AvgIpc) is 2.65. The van der Waals surface area contributed by atoms with Gasteiger partial charge in [-0.3, -0.25) is 9.59 Å². The number of thiocyanates is 1. The Morgan fingerprint density at radius 3 is 2.95 bits per heavy atom. The molecule has 0 saturated carbocycles. The van der Waals surface area contributed by atoms with Gasteiger partial charge >= 0.3 is 0 Å². The molecular weight excluding hydrogens is 284 g/mol. The van der Waals surface area contributed by atoms with Crippen LogP contribution in [-0.4, -0.2) is 17.6 Å². The lowest BCUT2D eigenvalue weighted by atomic mass is 10.1. The summed E-state index contributed by atoms with van der Waals surface area (Å²) in [6.07, 6.45) is 0.137. The molecule has 1 aliphatic heterocycles. The van der Waals surface area contributed by atoms with Crippen LogP contribution in [0.4, 0.5) is 5.69 Å². The fraction of sp³-hybridized carbons (Fsp3) is 0.308. The van der Waals surface area contributed by atoms with Crippen LogP contribution < -0.4 is 4.90 Å². The summed E-state index contributed by atoms with van der Waals surface area (Å²) < 4.78 is 0. The van der Waals surface area contributed by atoms with Crippen molar-refractivity contribution in [1.82, 2.24) is 0 Å². The Morgan fingerprint density at radius 1 is 1.53 bits per heavy atom. The van der Waals surface area contributed by atoms with Crippen molar-refractivity contribution in [3.05, 3.63) is 28.8 Å². The maximum Gasteiger partial charge on any atom is 0.238 e. The lowest BCUT2D eigenvalue weighted by Crippen LogP contribution is -2.31. The van der Waals surface area contributed by atoms with E-state index in [0.29, 0.717) is 16.5 Å². The molecule has 4 nitrogen and oxygen atoms in total. The fourth-order valence-corrected chi connectivity index (χ4v) is 2.75. The Hall–Kier alpha value is -1.51. The smallest absolute Gasteiger partial charge is 0.238 e. The number of amides is 2.